The largest absolute Gasteiger partial charge is 0.497 e. The quantitative estimate of drug-likeness (QED) is 0.365. The number of methoxy groups -OCH3 is 1. The highest BCUT2D eigenvalue weighted by Crippen LogP contribution is 2.30. The third-order valence-electron chi connectivity index (χ3n) is 4.89. The predicted octanol–water partition coefficient (Wildman–Crippen LogP) is 6.56. The Morgan fingerprint density at radius 2 is 1.52 bits per heavy atom. The molecule has 0 aliphatic carbocycles. The van der Waals surface area contributed by atoms with Gasteiger partial charge in [0, 0.05) is 12.1 Å². The Morgan fingerprint density at radius 1 is 0.778 bits per heavy atom. The summed E-state index contributed by atoms with van der Waals surface area (Å²) in [5, 5.41) is 1.20. The molecule has 0 radical (unpaired) electrons. The van der Waals surface area contributed by atoms with Crippen LogP contribution in [0.15, 0.2) is 89.3 Å². The van der Waals surface area contributed by atoms with Crippen molar-refractivity contribution in [1.29, 1.82) is 0 Å². The normalized spacial score (nSPS) is 10.9. The molecule has 0 saturated heterocycles. The Morgan fingerprint density at radius 3 is 2.30 bits per heavy atom. The zero-order valence-corrected chi connectivity index (χ0v) is 15.5. The molecule has 27 heavy (non-hydrogen) atoms. The highest BCUT2D eigenvalue weighted by Gasteiger charge is 2.18. The summed E-state index contributed by atoms with van der Waals surface area (Å²) in [5.74, 6) is 1.74. The smallest absolute Gasteiger partial charge is 0.361 e. The van der Waals surface area contributed by atoms with Crippen LogP contribution in [0.1, 0.15) is 17.5 Å². The molecule has 0 unspecified atom stereocenters. The summed E-state index contributed by atoms with van der Waals surface area (Å²) in [6, 6.07) is 29.2. The number of aryl methyl sites for hydroxylation is 2. The first-order valence-electron chi connectivity index (χ1n) is 9.36. The molecule has 0 spiro atoms. The van der Waals surface area contributed by atoms with Crippen molar-refractivity contribution in [2.75, 3.05) is 7.11 Å². The first kappa shape index (κ1) is 17.3. The SMILES string of the molecule is COc1ccc(-c2cc(CCCc3ccccc3)c3ccccc3[o+]2)cc1. The van der Waals surface area contributed by atoms with Crippen LogP contribution in [-0.2, 0) is 12.8 Å². The van der Waals surface area contributed by atoms with Gasteiger partial charge in [-0.2, -0.15) is 0 Å². The third-order valence-corrected chi connectivity index (χ3v) is 4.89. The first-order valence-corrected chi connectivity index (χ1v) is 9.36. The van der Waals surface area contributed by atoms with Crippen molar-refractivity contribution in [2.45, 2.75) is 19.3 Å². The minimum absolute atomic E-state index is 0.850. The molecule has 2 nitrogen and oxygen atoms in total. The van der Waals surface area contributed by atoms with E-state index in [4.69, 9.17) is 9.15 Å². The monoisotopic (exact) mass is 355 g/mol. The Kier molecular flexibility index (Phi) is 5.15. The summed E-state index contributed by atoms with van der Waals surface area (Å²) in [6.45, 7) is 0. The van der Waals surface area contributed by atoms with Crippen LogP contribution in [0, 0.1) is 0 Å². The Labute approximate surface area is 160 Å². The molecule has 0 N–H and O–H groups in total. The van der Waals surface area contributed by atoms with Crippen LogP contribution in [-0.4, -0.2) is 7.11 Å². The van der Waals surface area contributed by atoms with Gasteiger partial charge in [-0.25, -0.2) is 4.42 Å². The van der Waals surface area contributed by atoms with Gasteiger partial charge < -0.3 is 4.74 Å². The standard InChI is InChI=1S/C25H23O2/c1-26-22-16-14-20(15-17-22)25-18-21(23-12-5-6-13-24(23)27-25)11-7-10-19-8-3-2-4-9-19/h2-6,8-9,12-18H,7,10-11H2,1H3/q+1. The van der Waals surface area contributed by atoms with Crippen LogP contribution in [0.5, 0.6) is 5.75 Å². The molecule has 0 aliphatic heterocycles. The molecule has 0 bridgehead atoms. The van der Waals surface area contributed by atoms with Crippen LogP contribution >= 0.6 is 0 Å². The molecule has 4 rings (SSSR count). The molecule has 0 fully saturated rings. The minimum atomic E-state index is 0.850. The van der Waals surface area contributed by atoms with Crippen LogP contribution < -0.4 is 4.74 Å². The lowest BCUT2D eigenvalue weighted by Gasteiger charge is -2.04. The van der Waals surface area contributed by atoms with Gasteiger partial charge in [-0.1, -0.05) is 42.5 Å². The van der Waals surface area contributed by atoms with Gasteiger partial charge >= 0.3 is 11.3 Å². The average Bonchev–Trinajstić information content (AvgIpc) is 2.74. The van der Waals surface area contributed by atoms with Crippen molar-refractivity contribution in [2.24, 2.45) is 0 Å². The highest BCUT2D eigenvalue weighted by atomic mass is 16.5. The average molecular weight is 355 g/mol. The van der Waals surface area contributed by atoms with Crippen molar-refractivity contribution in [3.8, 4) is 17.1 Å². The first-order chi connectivity index (χ1) is 13.3. The second-order valence-electron chi connectivity index (χ2n) is 6.70. The van der Waals surface area contributed by atoms with E-state index in [1.165, 1.54) is 16.5 Å². The maximum absolute atomic E-state index is 6.19. The number of rotatable bonds is 6. The van der Waals surface area contributed by atoms with Crippen molar-refractivity contribution in [3.63, 3.8) is 0 Å². The summed E-state index contributed by atoms with van der Waals surface area (Å²) in [5.41, 5.74) is 4.71. The van der Waals surface area contributed by atoms with E-state index in [9.17, 15) is 0 Å². The second-order valence-corrected chi connectivity index (χ2v) is 6.70. The molecule has 4 aromatic rings. The molecule has 134 valence electrons. The van der Waals surface area contributed by atoms with Crippen LogP contribution in [0.25, 0.3) is 22.3 Å². The second kappa shape index (κ2) is 8.05. The van der Waals surface area contributed by atoms with Gasteiger partial charge in [-0.05, 0) is 60.7 Å². The summed E-state index contributed by atoms with van der Waals surface area (Å²) in [7, 11) is 1.68. The fourth-order valence-corrected chi connectivity index (χ4v) is 3.44. The lowest BCUT2D eigenvalue weighted by atomic mass is 9.99. The van der Waals surface area contributed by atoms with Gasteiger partial charge in [0.15, 0.2) is 0 Å². The van der Waals surface area contributed by atoms with Crippen molar-refractivity contribution >= 4 is 11.0 Å². The van der Waals surface area contributed by atoms with E-state index in [1.807, 2.05) is 36.4 Å². The molecule has 1 heterocycles. The summed E-state index contributed by atoms with van der Waals surface area (Å²) in [4.78, 5) is 0. The number of hydrogen-bond acceptors (Lipinski definition) is 1. The summed E-state index contributed by atoms with van der Waals surface area (Å²) >= 11 is 0. The molecule has 0 saturated carbocycles. The topological polar surface area (TPSA) is 20.5 Å². The van der Waals surface area contributed by atoms with Gasteiger partial charge in [0.2, 0.25) is 0 Å². The zero-order chi connectivity index (χ0) is 18.5. The lowest BCUT2D eigenvalue weighted by Crippen LogP contribution is -1.93. The number of hydrogen-bond donors (Lipinski definition) is 0. The number of fused-ring (bicyclic) bond motifs is 1. The van der Waals surface area contributed by atoms with E-state index in [-0.39, 0.29) is 0 Å². The number of ether oxygens (including phenoxy) is 1. The van der Waals surface area contributed by atoms with E-state index in [2.05, 4.69) is 48.5 Å². The van der Waals surface area contributed by atoms with Crippen LogP contribution in [0.4, 0.5) is 0 Å². The third kappa shape index (κ3) is 4.01. The zero-order valence-electron chi connectivity index (χ0n) is 15.5. The Balaban J connectivity index is 1.63. The van der Waals surface area contributed by atoms with E-state index in [0.717, 1.165) is 41.9 Å². The number of para-hydroxylation sites is 1. The maximum atomic E-state index is 6.19. The predicted molar refractivity (Wildman–Crippen MR) is 111 cm³/mol. The number of benzene rings is 3. The molecule has 2 heteroatoms. The van der Waals surface area contributed by atoms with Gasteiger partial charge in [-0.15, -0.1) is 0 Å². The van der Waals surface area contributed by atoms with Gasteiger partial charge in [0.25, 0.3) is 0 Å². The van der Waals surface area contributed by atoms with E-state index in [1.54, 1.807) is 7.11 Å². The van der Waals surface area contributed by atoms with Crippen LogP contribution in [0.2, 0.25) is 0 Å². The maximum Gasteiger partial charge on any atom is 0.361 e. The molecular weight excluding hydrogens is 332 g/mol. The van der Waals surface area contributed by atoms with Gasteiger partial charge in [0.05, 0.1) is 18.1 Å². The van der Waals surface area contributed by atoms with Crippen molar-refractivity contribution < 1.29 is 9.15 Å². The fourth-order valence-electron chi connectivity index (χ4n) is 3.44. The lowest BCUT2D eigenvalue weighted by molar-refractivity contribution is 0.415. The molecule has 0 atom stereocenters. The molecule has 1 aromatic heterocycles. The van der Waals surface area contributed by atoms with Crippen molar-refractivity contribution in [3.05, 3.63) is 96.1 Å². The van der Waals surface area contributed by atoms with Gasteiger partial charge in [0.1, 0.15) is 5.75 Å². The summed E-state index contributed by atoms with van der Waals surface area (Å²) < 4.78 is 11.4. The highest BCUT2D eigenvalue weighted by molar-refractivity contribution is 5.82. The molecule has 0 amide bonds. The van der Waals surface area contributed by atoms with Crippen molar-refractivity contribution in [1.82, 2.24) is 0 Å². The Bertz CT molecular complexity index is 1020. The molecular formula is C25H23O2+. The fraction of sp³-hybridized carbons (Fsp3) is 0.160. The van der Waals surface area contributed by atoms with E-state index >= 15 is 0 Å². The minimum Gasteiger partial charge on any atom is -0.497 e. The van der Waals surface area contributed by atoms with Gasteiger partial charge in [-0.3, -0.25) is 0 Å². The van der Waals surface area contributed by atoms with E-state index < -0.39 is 0 Å². The Hall–Kier alpha value is -3.13. The molecule has 0 aliphatic rings. The molecule has 3 aromatic carbocycles. The van der Waals surface area contributed by atoms with E-state index in [0.29, 0.717) is 0 Å². The van der Waals surface area contributed by atoms with Crippen LogP contribution in [0.3, 0.4) is 0 Å². The summed E-state index contributed by atoms with van der Waals surface area (Å²) in [6.07, 6.45) is 3.22.